The minimum absolute atomic E-state index is 0.643. The van der Waals surface area contributed by atoms with Crippen molar-refractivity contribution in [2.75, 3.05) is 46.9 Å². The highest BCUT2D eigenvalue weighted by Crippen LogP contribution is 2.12. The largest absolute Gasteiger partial charge is 0.492 e. The van der Waals surface area contributed by atoms with Gasteiger partial charge in [0.1, 0.15) is 12.4 Å². The van der Waals surface area contributed by atoms with Crippen LogP contribution in [0.1, 0.15) is 12.5 Å². The molecule has 2 rings (SSSR count). The minimum Gasteiger partial charge on any atom is -0.492 e. The van der Waals surface area contributed by atoms with Crippen LogP contribution < -0.4 is 10.1 Å². The van der Waals surface area contributed by atoms with Gasteiger partial charge < -0.3 is 15.0 Å². The summed E-state index contributed by atoms with van der Waals surface area (Å²) in [6.07, 6.45) is 0. The van der Waals surface area contributed by atoms with E-state index in [2.05, 4.69) is 53.4 Å². The van der Waals surface area contributed by atoms with Gasteiger partial charge in [-0.05, 0) is 38.7 Å². The molecule has 0 aromatic heterocycles. The fourth-order valence-electron chi connectivity index (χ4n) is 2.53. The number of nitrogens with zero attached hydrogens (tertiary/aromatic N) is 2. The van der Waals surface area contributed by atoms with E-state index in [4.69, 9.17) is 4.74 Å². The first-order valence-electron chi connectivity index (χ1n) is 7.48. The molecule has 1 saturated heterocycles. The highest BCUT2D eigenvalue weighted by molar-refractivity contribution is 5.27. The zero-order valence-electron chi connectivity index (χ0n) is 12.9. The van der Waals surface area contributed by atoms with Crippen molar-refractivity contribution < 1.29 is 4.74 Å². The molecule has 1 aliphatic heterocycles. The van der Waals surface area contributed by atoms with Gasteiger partial charge >= 0.3 is 0 Å². The molecule has 1 aromatic rings. The van der Waals surface area contributed by atoms with Crippen molar-refractivity contribution in [1.82, 2.24) is 15.1 Å². The SMILES string of the molecule is CNCc1ccc(OCCN2CCN(C)C(C)C2)cc1. The van der Waals surface area contributed by atoms with Gasteiger partial charge in [-0.25, -0.2) is 0 Å². The van der Waals surface area contributed by atoms with Crippen molar-refractivity contribution in [2.24, 2.45) is 0 Å². The Morgan fingerprint density at radius 1 is 1.25 bits per heavy atom. The molecule has 20 heavy (non-hydrogen) atoms. The molecule has 0 spiro atoms. The van der Waals surface area contributed by atoms with Crippen LogP contribution in [0.5, 0.6) is 5.75 Å². The summed E-state index contributed by atoms with van der Waals surface area (Å²) in [6, 6.07) is 8.98. The summed E-state index contributed by atoms with van der Waals surface area (Å²) in [7, 11) is 4.16. The van der Waals surface area contributed by atoms with Crippen LogP contribution in [-0.4, -0.2) is 62.7 Å². The van der Waals surface area contributed by atoms with Crippen LogP contribution in [0.25, 0.3) is 0 Å². The van der Waals surface area contributed by atoms with Crippen LogP contribution in [0.3, 0.4) is 0 Å². The molecule has 1 fully saturated rings. The summed E-state index contributed by atoms with van der Waals surface area (Å²) in [5.74, 6) is 0.965. The number of piperazine rings is 1. The van der Waals surface area contributed by atoms with Crippen LogP contribution >= 0.6 is 0 Å². The van der Waals surface area contributed by atoms with E-state index >= 15 is 0 Å². The van der Waals surface area contributed by atoms with Gasteiger partial charge in [-0.15, -0.1) is 0 Å². The van der Waals surface area contributed by atoms with E-state index < -0.39 is 0 Å². The summed E-state index contributed by atoms with van der Waals surface area (Å²) in [6.45, 7) is 8.40. The molecule has 0 aliphatic carbocycles. The summed E-state index contributed by atoms with van der Waals surface area (Å²) >= 11 is 0. The Labute approximate surface area is 122 Å². The fourth-order valence-corrected chi connectivity index (χ4v) is 2.53. The predicted octanol–water partition coefficient (Wildman–Crippen LogP) is 1.42. The molecule has 4 nitrogen and oxygen atoms in total. The number of benzene rings is 1. The lowest BCUT2D eigenvalue weighted by molar-refractivity contribution is 0.0928. The first kappa shape index (κ1) is 15.3. The minimum atomic E-state index is 0.643. The average molecular weight is 277 g/mol. The van der Waals surface area contributed by atoms with Gasteiger partial charge in [0.05, 0.1) is 0 Å². The van der Waals surface area contributed by atoms with Gasteiger partial charge in [0.15, 0.2) is 0 Å². The normalized spacial score (nSPS) is 21.1. The van der Waals surface area contributed by atoms with Crippen molar-refractivity contribution >= 4 is 0 Å². The molecule has 1 atom stereocenters. The third-order valence-corrected chi connectivity index (χ3v) is 4.02. The van der Waals surface area contributed by atoms with Crippen LogP contribution in [0.2, 0.25) is 0 Å². The van der Waals surface area contributed by atoms with Crippen molar-refractivity contribution in [1.29, 1.82) is 0 Å². The monoisotopic (exact) mass is 277 g/mol. The highest BCUT2D eigenvalue weighted by atomic mass is 16.5. The molecule has 112 valence electrons. The summed E-state index contributed by atoms with van der Waals surface area (Å²) in [5.41, 5.74) is 1.28. The molecule has 1 heterocycles. The fraction of sp³-hybridized carbons (Fsp3) is 0.625. The van der Waals surface area contributed by atoms with Crippen molar-refractivity contribution in [2.45, 2.75) is 19.5 Å². The lowest BCUT2D eigenvalue weighted by atomic mass is 10.2. The number of rotatable bonds is 6. The van der Waals surface area contributed by atoms with Crippen LogP contribution in [0, 0.1) is 0 Å². The number of likely N-dealkylation sites (N-methyl/N-ethyl adjacent to an activating group) is 1. The second-order valence-corrected chi connectivity index (χ2v) is 5.65. The number of ether oxygens (including phenoxy) is 1. The maximum absolute atomic E-state index is 5.83. The zero-order valence-corrected chi connectivity index (χ0v) is 12.9. The molecule has 0 saturated carbocycles. The molecule has 4 heteroatoms. The maximum Gasteiger partial charge on any atom is 0.119 e. The van der Waals surface area contributed by atoms with E-state index in [1.165, 1.54) is 5.56 Å². The molecule has 0 amide bonds. The Morgan fingerprint density at radius 2 is 2.00 bits per heavy atom. The van der Waals surface area contributed by atoms with E-state index in [1.807, 2.05) is 7.05 Å². The standard InChI is InChI=1S/C16H27N3O/c1-14-13-19(9-8-18(14)3)10-11-20-16-6-4-15(5-7-16)12-17-2/h4-7,14,17H,8-13H2,1-3H3. The van der Waals surface area contributed by atoms with E-state index in [0.29, 0.717) is 6.04 Å². The van der Waals surface area contributed by atoms with E-state index in [9.17, 15) is 0 Å². The van der Waals surface area contributed by atoms with Crippen LogP contribution in [0.15, 0.2) is 24.3 Å². The smallest absolute Gasteiger partial charge is 0.119 e. The summed E-state index contributed by atoms with van der Waals surface area (Å²) in [4.78, 5) is 4.90. The number of hydrogen-bond donors (Lipinski definition) is 1. The third-order valence-electron chi connectivity index (χ3n) is 4.02. The van der Waals surface area contributed by atoms with Crippen molar-refractivity contribution in [3.05, 3.63) is 29.8 Å². The summed E-state index contributed by atoms with van der Waals surface area (Å²) in [5, 5.41) is 3.15. The van der Waals surface area contributed by atoms with E-state index in [0.717, 1.165) is 45.1 Å². The molecular formula is C16H27N3O. The zero-order chi connectivity index (χ0) is 14.4. The van der Waals surface area contributed by atoms with Crippen LogP contribution in [0.4, 0.5) is 0 Å². The Hall–Kier alpha value is -1.10. The van der Waals surface area contributed by atoms with Crippen molar-refractivity contribution in [3.8, 4) is 5.75 Å². The van der Waals surface area contributed by atoms with Crippen molar-refractivity contribution in [3.63, 3.8) is 0 Å². The first-order valence-corrected chi connectivity index (χ1v) is 7.48. The third kappa shape index (κ3) is 4.47. The predicted molar refractivity (Wildman–Crippen MR) is 83.2 cm³/mol. The molecule has 1 aromatic carbocycles. The van der Waals surface area contributed by atoms with Gasteiger partial charge in [-0.3, -0.25) is 4.90 Å². The van der Waals surface area contributed by atoms with Gasteiger partial charge in [0.25, 0.3) is 0 Å². The van der Waals surface area contributed by atoms with Crippen LogP contribution in [-0.2, 0) is 6.54 Å². The number of nitrogens with one attached hydrogen (secondary N) is 1. The Kier molecular flexibility index (Phi) is 5.83. The molecular weight excluding hydrogens is 250 g/mol. The Morgan fingerprint density at radius 3 is 2.65 bits per heavy atom. The lowest BCUT2D eigenvalue weighted by Gasteiger charge is -2.37. The molecule has 1 N–H and O–H groups in total. The molecule has 1 aliphatic rings. The Bertz CT molecular complexity index is 393. The van der Waals surface area contributed by atoms with Gasteiger partial charge in [-0.2, -0.15) is 0 Å². The van der Waals surface area contributed by atoms with Gasteiger partial charge in [-0.1, -0.05) is 12.1 Å². The quantitative estimate of drug-likeness (QED) is 0.851. The van der Waals surface area contributed by atoms with Gasteiger partial charge in [0, 0.05) is 38.8 Å². The average Bonchev–Trinajstić information content (AvgIpc) is 2.45. The first-order chi connectivity index (χ1) is 9.69. The lowest BCUT2D eigenvalue weighted by Crippen LogP contribution is -2.50. The molecule has 0 bridgehead atoms. The molecule has 0 radical (unpaired) electrons. The second-order valence-electron chi connectivity index (χ2n) is 5.65. The maximum atomic E-state index is 5.83. The number of hydrogen-bond acceptors (Lipinski definition) is 4. The molecule has 1 unspecified atom stereocenters. The second kappa shape index (κ2) is 7.62. The Balaban J connectivity index is 1.70. The van der Waals surface area contributed by atoms with Gasteiger partial charge in [0.2, 0.25) is 0 Å². The van der Waals surface area contributed by atoms with E-state index in [1.54, 1.807) is 0 Å². The van der Waals surface area contributed by atoms with E-state index in [-0.39, 0.29) is 0 Å². The topological polar surface area (TPSA) is 27.7 Å². The summed E-state index contributed by atoms with van der Waals surface area (Å²) < 4.78 is 5.83. The highest BCUT2D eigenvalue weighted by Gasteiger charge is 2.19.